The summed E-state index contributed by atoms with van der Waals surface area (Å²) in [6.07, 6.45) is 3.38. The van der Waals surface area contributed by atoms with Crippen molar-refractivity contribution in [3.63, 3.8) is 0 Å². The van der Waals surface area contributed by atoms with Crippen molar-refractivity contribution in [3.8, 4) is 0 Å². The van der Waals surface area contributed by atoms with E-state index >= 15 is 0 Å². The second kappa shape index (κ2) is 4.35. The molecule has 3 rings (SSSR count). The smallest absolute Gasteiger partial charge is 0.336 e. The lowest BCUT2D eigenvalue weighted by Crippen LogP contribution is -2.07. The molecule has 0 radical (unpaired) electrons. The number of hydrogen-bond acceptors (Lipinski definition) is 4. The van der Waals surface area contributed by atoms with Crippen molar-refractivity contribution < 1.29 is 4.42 Å². The van der Waals surface area contributed by atoms with Crippen molar-refractivity contribution in [2.45, 2.75) is 20.4 Å². The van der Waals surface area contributed by atoms with Gasteiger partial charge < -0.3 is 4.42 Å². The van der Waals surface area contributed by atoms with Gasteiger partial charge in [-0.25, -0.2) is 9.48 Å². The van der Waals surface area contributed by atoms with Gasteiger partial charge in [0.1, 0.15) is 5.58 Å². The van der Waals surface area contributed by atoms with Gasteiger partial charge in [0.2, 0.25) is 0 Å². The molecule has 5 heteroatoms. The summed E-state index contributed by atoms with van der Waals surface area (Å²) in [5.41, 5.74) is 3.31. The number of rotatable bonds is 2. The van der Waals surface area contributed by atoms with Crippen LogP contribution in [0.1, 0.15) is 16.7 Å². The summed E-state index contributed by atoms with van der Waals surface area (Å²) in [4.78, 5) is 11.7. The maximum atomic E-state index is 11.7. The minimum Gasteiger partial charge on any atom is -0.422 e. The molecule has 96 valence electrons. The lowest BCUT2D eigenvalue weighted by molar-refractivity contribution is 0.553. The van der Waals surface area contributed by atoms with Crippen LogP contribution in [-0.2, 0) is 6.54 Å². The molecule has 0 saturated heterocycles. The summed E-state index contributed by atoms with van der Waals surface area (Å²) in [5.74, 6) is 0. The van der Waals surface area contributed by atoms with E-state index < -0.39 is 0 Å². The molecular formula is C14H13N3O2. The van der Waals surface area contributed by atoms with E-state index in [1.54, 1.807) is 17.1 Å². The van der Waals surface area contributed by atoms with Crippen LogP contribution in [0.25, 0.3) is 11.0 Å². The zero-order chi connectivity index (χ0) is 13.4. The molecule has 0 N–H and O–H groups in total. The summed E-state index contributed by atoms with van der Waals surface area (Å²) in [5, 5.41) is 8.63. The standard InChI is InChI=1S/C14H13N3O2/c1-9-3-4-12-11(8-17-6-5-15-16-17)7-13(18)19-14(12)10(9)2/h3-7H,8H2,1-2H3. The highest BCUT2D eigenvalue weighted by atomic mass is 16.4. The van der Waals surface area contributed by atoms with Gasteiger partial charge in [-0.15, -0.1) is 5.10 Å². The Balaban J connectivity index is 2.24. The molecule has 0 unspecified atom stereocenters. The Hall–Kier alpha value is -2.43. The van der Waals surface area contributed by atoms with Gasteiger partial charge in [-0.3, -0.25) is 0 Å². The van der Waals surface area contributed by atoms with Crippen LogP contribution >= 0.6 is 0 Å². The summed E-state index contributed by atoms with van der Waals surface area (Å²) in [7, 11) is 0. The number of fused-ring (bicyclic) bond motifs is 1. The fraction of sp³-hybridized carbons (Fsp3) is 0.214. The highest BCUT2D eigenvalue weighted by Crippen LogP contribution is 2.23. The van der Waals surface area contributed by atoms with Crippen LogP contribution in [0.15, 0.2) is 39.8 Å². The van der Waals surface area contributed by atoms with Crippen molar-refractivity contribution in [1.29, 1.82) is 0 Å². The number of aryl methyl sites for hydroxylation is 2. The van der Waals surface area contributed by atoms with Crippen LogP contribution in [0.3, 0.4) is 0 Å². The summed E-state index contributed by atoms with van der Waals surface area (Å²) >= 11 is 0. The fourth-order valence-electron chi connectivity index (χ4n) is 2.15. The Kier molecular flexibility index (Phi) is 2.67. The third-order valence-electron chi connectivity index (χ3n) is 3.32. The van der Waals surface area contributed by atoms with Gasteiger partial charge >= 0.3 is 5.63 Å². The van der Waals surface area contributed by atoms with E-state index in [0.717, 1.165) is 22.1 Å². The molecule has 19 heavy (non-hydrogen) atoms. The maximum absolute atomic E-state index is 11.7. The first-order valence-electron chi connectivity index (χ1n) is 6.02. The lowest BCUT2D eigenvalue weighted by atomic mass is 10.0. The Morgan fingerprint density at radius 2 is 2.16 bits per heavy atom. The average molecular weight is 255 g/mol. The van der Waals surface area contributed by atoms with Crippen LogP contribution in [0, 0.1) is 13.8 Å². The molecule has 0 aliphatic rings. The zero-order valence-corrected chi connectivity index (χ0v) is 10.8. The molecule has 0 fully saturated rings. The third kappa shape index (κ3) is 2.03. The highest BCUT2D eigenvalue weighted by Gasteiger charge is 2.10. The van der Waals surface area contributed by atoms with Crippen molar-refractivity contribution in [2.24, 2.45) is 0 Å². The number of nitrogens with zero attached hydrogens (tertiary/aromatic N) is 3. The molecule has 2 heterocycles. The van der Waals surface area contributed by atoms with Crippen LogP contribution in [0.2, 0.25) is 0 Å². The second-order valence-electron chi connectivity index (χ2n) is 4.58. The number of aromatic nitrogens is 3. The van der Waals surface area contributed by atoms with Crippen molar-refractivity contribution in [1.82, 2.24) is 15.0 Å². The van der Waals surface area contributed by atoms with Crippen molar-refractivity contribution >= 4 is 11.0 Å². The largest absolute Gasteiger partial charge is 0.422 e. The average Bonchev–Trinajstić information content (AvgIpc) is 2.87. The molecule has 5 nitrogen and oxygen atoms in total. The van der Waals surface area contributed by atoms with E-state index in [1.165, 1.54) is 6.07 Å². The van der Waals surface area contributed by atoms with E-state index in [-0.39, 0.29) is 5.63 Å². The van der Waals surface area contributed by atoms with Crippen LogP contribution in [0.5, 0.6) is 0 Å². The molecule has 0 spiro atoms. The Bertz CT molecular complexity index is 788. The van der Waals surface area contributed by atoms with Crippen molar-refractivity contribution in [2.75, 3.05) is 0 Å². The first-order valence-corrected chi connectivity index (χ1v) is 6.02. The molecular weight excluding hydrogens is 242 g/mol. The normalized spacial score (nSPS) is 11.1. The predicted molar refractivity (Wildman–Crippen MR) is 71.1 cm³/mol. The van der Waals surface area contributed by atoms with Crippen LogP contribution in [-0.4, -0.2) is 15.0 Å². The third-order valence-corrected chi connectivity index (χ3v) is 3.32. The molecule has 0 bridgehead atoms. The van der Waals surface area contributed by atoms with Crippen LogP contribution < -0.4 is 5.63 Å². The molecule has 0 aliphatic carbocycles. The van der Waals surface area contributed by atoms with Gasteiger partial charge in [0, 0.05) is 17.6 Å². The minimum absolute atomic E-state index is 0.337. The second-order valence-corrected chi connectivity index (χ2v) is 4.58. The maximum Gasteiger partial charge on any atom is 0.336 e. The number of hydrogen-bond donors (Lipinski definition) is 0. The van der Waals surface area contributed by atoms with Gasteiger partial charge in [-0.05, 0) is 30.5 Å². The summed E-state index contributed by atoms with van der Waals surface area (Å²) in [6.45, 7) is 4.46. The lowest BCUT2D eigenvalue weighted by Gasteiger charge is -2.08. The highest BCUT2D eigenvalue weighted by molar-refractivity contribution is 5.83. The SMILES string of the molecule is Cc1ccc2c(Cn3ccnn3)cc(=O)oc2c1C. The van der Waals surface area contributed by atoms with Gasteiger partial charge in [-0.1, -0.05) is 17.3 Å². The molecule has 2 aromatic heterocycles. The van der Waals surface area contributed by atoms with Gasteiger partial charge in [0.25, 0.3) is 0 Å². The Labute approximate surface area is 109 Å². The van der Waals surface area contributed by atoms with Crippen molar-refractivity contribution in [3.05, 3.63) is 57.7 Å². The Morgan fingerprint density at radius 1 is 1.32 bits per heavy atom. The first kappa shape index (κ1) is 11.6. The topological polar surface area (TPSA) is 60.9 Å². The molecule has 0 atom stereocenters. The molecule has 0 aliphatic heterocycles. The quantitative estimate of drug-likeness (QED) is 0.657. The van der Waals surface area contributed by atoms with E-state index in [9.17, 15) is 4.79 Å². The van der Waals surface area contributed by atoms with E-state index in [2.05, 4.69) is 10.3 Å². The first-order chi connectivity index (χ1) is 9.15. The molecule has 3 aromatic rings. The van der Waals surface area contributed by atoms with Crippen LogP contribution in [0.4, 0.5) is 0 Å². The number of benzene rings is 1. The molecule has 1 aromatic carbocycles. The summed E-state index contributed by atoms with van der Waals surface area (Å²) < 4.78 is 7.02. The van der Waals surface area contributed by atoms with E-state index in [1.807, 2.05) is 26.0 Å². The minimum atomic E-state index is -0.337. The van der Waals surface area contributed by atoms with E-state index in [4.69, 9.17) is 4.42 Å². The van der Waals surface area contributed by atoms with Gasteiger partial charge in [0.05, 0.1) is 12.7 Å². The van der Waals surface area contributed by atoms with Gasteiger partial charge in [0.15, 0.2) is 0 Å². The fourth-order valence-corrected chi connectivity index (χ4v) is 2.15. The molecule has 0 amide bonds. The summed E-state index contributed by atoms with van der Waals surface area (Å²) in [6, 6.07) is 5.52. The monoisotopic (exact) mass is 255 g/mol. The van der Waals surface area contributed by atoms with E-state index in [0.29, 0.717) is 12.1 Å². The predicted octanol–water partition coefficient (Wildman–Crippen LogP) is 2.05. The zero-order valence-electron chi connectivity index (χ0n) is 10.8. The van der Waals surface area contributed by atoms with Gasteiger partial charge in [-0.2, -0.15) is 0 Å². The molecule has 0 saturated carbocycles. The Morgan fingerprint density at radius 3 is 2.89 bits per heavy atom.